The second-order valence-corrected chi connectivity index (χ2v) is 6.55. The Labute approximate surface area is 148 Å². The Morgan fingerprint density at radius 2 is 1.92 bits per heavy atom. The number of nitrogens with zero attached hydrogens (tertiary/aromatic N) is 1. The second-order valence-electron chi connectivity index (χ2n) is 6.55. The van der Waals surface area contributed by atoms with Gasteiger partial charge in [-0.25, -0.2) is 0 Å². The third-order valence-corrected chi connectivity index (χ3v) is 4.82. The summed E-state index contributed by atoms with van der Waals surface area (Å²) in [4.78, 5) is 26.6. The van der Waals surface area contributed by atoms with Crippen LogP contribution in [0.3, 0.4) is 0 Å². The smallest absolute Gasteiger partial charge is 0.251 e. The minimum absolute atomic E-state index is 0.0216. The van der Waals surface area contributed by atoms with E-state index in [1.807, 2.05) is 36.1 Å². The zero-order chi connectivity index (χ0) is 17.6. The first-order chi connectivity index (χ1) is 12.2. The lowest BCUT2D eigenvalue weighted by Crippen LogP contribution is -2.45. The summed E-state index contributed by atoms with van der Waals surface area (Å²) >= 11 is 0. The normalized spacial score (nSPS) is 21.2. The number of ether oxygens (including phenoxy) is 2. The number of benzene rings is 1. The number of piperidine rings is 1. The van der Waals surface area contributed by atoms with Crippen molar-refractivity contribution >= 4 is 17.5 Å². The molecule has 3 rings (SSSR count). The average Bonchev–Trinajstić information content (AvgIpc) is 3.18. The minimum atomic E-state index is -0.269. The van der Waals surface area contributed by atoms with Crippen molar-refractivity contribution < 1.29 is 19.1 Å². The maximum atomic E-state index is 12.4. The van der Waals surface area contributed by atoms with Crippen LogP contribution in [0, 0.1) is 5.92 Å². The first-order valence-electron chi connectivity index (χ1n) is 9.11. The van der Waals surface area contributed by atoms with E-state index in [1.54, 1.807) is 0 Å². The predicted molar refractivity (Wildman–Crippen MR) is 94.5 cm³/mol. The molecule has 2 saturated heterocycles. The number of carbonyl (C=O) groups excluding carboxylic acids is 2. The Kier molecular flexibility index (Phi) is 5.91. The molecule has 2 amide bonds. The summed E-state index contributed by atoms with van der Waals surface area (Å²) in [6.45, 7) is 4.48. The number of amides is 2. The summed E-state index contributed by atoms with van der Waals surface area (Å²) in [6, 6.07) is 7.39. The number of anilines is 1. The fourth-order valence-electron chi connectivity index (χ4n) is 3.38. The fourth-order valence-corrected chi connectivity index (χ4v) is 3.38. The van der Waals surface area contributed by atoms with Gasteiger partial charge in [0.1, 0.15) is 11.9 Å². The van der Waals surface area contributed by atoms with Crippen LogP contribution in [0.4, 0.5) is 5.69 Å². The number of hydrogen-bond acceptors (Lipinski definition) is 4. The number of hydrogen-bond donors (Lipinski definition) is 1. The highest BCUT2D eigenvalue weighted by Gasteiger charge is 2.32. The molecule has 2 fully saturated rings. The Balaban J connectivity index is 1.47. The largest absolute Gasteiger partial charge is 0.494 e. The molecule has 0 aliphatic carbocycles. The molecule has 0 radical (unpaired) electrons. The van der Waals surface area contributed by atoms with E-state index in [0.29, 0.717) is 39.1 Å². The molecule has 1 unspecified atom stereocenters. The molecule has 0 saturated carbocycles. The van der Waals surface area contributed by atoms with Crippen LogP contribution in [0.15, 0.2) is 24.3 Å². The van der Waals surface area contributed by atoms with Gasteiger partial charge >= 0.3 is 0 Å². The number of nitrogens with one attached hydrogen (secondary N) is 1. The van der Waals surface area contributed by atoms with Crippen LogP contribution in [0.1, 0.15) is 32.6 Å². The van der Waals surface area contributed by atoms with Gasteiger partial charge in [-0.2, -0.15) is 0 Å². The van der Waals surface area contributed by atoms with Gasteiger partial charge in [0.25, 0.3) is 5.91 Å². The summed E-state index contributed by atoms with van der Waals surface area (Å²) < 4.78 is 10.9. The Hall–Kier alpha value is -2.08. The van der Waals surface area contributed by atoms with E-state index >= 15 is 0 Å². The molecule has 1 N–H and O–H groups in total. The molecule has 1 aromatic rings. The lowest BCUT2D eigenvalue weighted by molar-refractivity contribution is -0.143. The standard InChI is InChI=1S/C19H26N2O4/c1-2-24-16-7-5-15(6-8-16)20-18(22)14-9-11-21(12-10-14)19(23)17-4-3-13-25-17/h5-8,14,17H,2-4,9-13H2,1H3,(H,20,22). The number of carbonyl (C=O) groups is 2. The second kappa shape index (κ2) is 8.34. The zero-order valence-corrected chi connectivity index (χ0v) is 14.7. The van der Waals surface area contributed by atoms with Crippen molar-refractivity contribution in [3.63, 3.8) is 0 Å². The van der Waals surface area contributed by atoms with E-state index in [-0.39, 0.29) is 23.8 Å². The Morgan fingerprint density at radius 1 is 1.20 bits per heavy atom. The van der Waals surface area contributed by atoms with Gasteiger partial charge < -0.3 is 19.7 Å². The molecular weight excluding hydrogens is 320 g/mol. The van der Waals surface area contributed by atoms with Gasteiger partial charge in [0.05, 0.1) is 6.61 Å². The summed E-state index contributed by atoms with van der Waals surface area (Å²) in [7, 11) is 0. The van der Waals surface area contributed by atoms with Crippen LogP contribution in [0.2, 0.25) is 0 Å². The molecular formula is C19H26N2O4. The molecule has 0 bridgehead atoms. The van der Waals surface area contributed by atoms with Crippen LogP contribution >= 0.6 is 0 Å². The monoisotopic (exact) mass is 346 g/mol. The zero-order valence-electron chi connectivity index (χ0n) is 14.7. The highest BCUT2D eigenvalue weighted by atomic mass is 16.5. The van der Waals surface area contributed by atoms with Crippen molar-refractivity contribution in [1.29, 1.82) is 0 Å². The number of likely N-dealkylation sites (tertiary alicyclic amines) is 1. The van der Waals surface area contributed by atoms with E-state index in [9.17, 15) is 9.59 Å². The maximum Gasteiger partial charge on any atom is 0.251 e. The predicted octanol–water partition coefficient (Wildman–Crippen LogP) is 2.44. The highest BCUT2D eigenvalue weighted by Crippen LogP contribution is 2.23. The lowest BCUT2D eigenvalue weighted by atomic mass is 9.95. The van der Waals surface area contributed by atoms with E-state index in [1.165, 1.54) is 0 Å². The van der Waals surface area contributed by atoms with Crippen molar-refractivity contribution in [2.45, 2.75) is 38.7 Å². The molecule has 2 aliphatic rings. The summed E-state index contributed by atoms with van der Waals surface area (Å²) in [6.07, 6.45) is 2.89. The SMILES string of the molecule is CCOc1ccc(NC(=O)C2CCN(C(=O)C3CCCO3)CC2)cc1. The third kappa shape index (κ3) is 4.51. The molecule has 0 spiro atoms. The summed E-state index contributed by atoms with van der Waals surface area (Å²) in [5, 5.41) is 2.96. The Morgan fingerprint density at radius 3 is 2.52 bits per heavy atom. The van der Waals surface area contributed by atoms with Gasteiger partial charge in [-0.3, -0.25) is 9.59 Å². The molecule has 136 valence electrons. The summed E-state index contributed by atoms with van der Waals surface area (Å²) in [5.41, 5.74) is 0.770. The van der Waals surface area contributed by atoms with Gasteiger partial charge in [-0.15, -0.1) is 0 Å². The molecule has 25 heavy (non-hydrogen) atoms. The van der Waals surface area contributed by atoms with Crippen LogP contribution in [0.25, 0.3) is 0 Å². The van der Waals surface area contributed by atoms with Crippen LogP contribution in [0.5, 0.6) is 5.75 Å². The van der Waals surface area contributed by atoms with Crippen molar-refractivity contribution in [2.24, 2.45) is 5.92 Å². The Bertz CT molecular complexity index is 588. The lowest BCUT2D eigenvalue weighted by Gasteiger charge is -2.32. The molecule has 6 nitrogen and oxygen atoms in total. The van der Waals surface area contributed by atoms with E-state index in [0.717, 1.165) is 24.3 Å². The molecule has 1 atom stereocenters. The van der Waals surface area contributed by atoms with Crippen LogP contribution in [-0.2, 0) is 14.3 Å². The average molecular weight is 346 g/mol. The van der Waals surface area contributed by atoms with Crippen LogP contribution in [-0.4, -0.2) is 49.1 Å². The topological polar surface area (TPSA) is 67.9 Å². The van der Waals surface area contributed by atoms with Gasteiger partial charge in [-0.05, 0) is 56.9 Å². The quantitative estimate of drug-likeness (QED) is 0.889. The molecule has 2 aliphatic heterocycles. The van der Waals surface area contributed by atoms with E-state index < -0.39 is 0 Å². The van der Waals surface area contributed by atoms with Crippen molar-refractivity contribution in [2.75, 3.05) is 31.6 Å². The number of rotatable bonds is 5. The van der Waals surface area contributed by atoms with Gasteiger partial charge in [0, 0.05) is 31.3 Å². The van der Waals surface area contributed by atoms with E-state index in [2.05, 4.69) is 5.32 Å². The maximum absolute atomic E-state index is 12.4. The van der Waals surface area contributed by atoms with Gasteiger partial charge in [0.2, 0.25) is 5.91 Å². The third-order valence-electron chi connectivity index (χ3n) is 4.82. The first-order valence-corrected chi connectivity index (χ1v) is 9.11. The van der Waals surface area contributed by atoms with Crippen molar-refractivity contribution in [3.05, 3.63) is 24.3 Å². The first kappa shape index (κ1) is 17.7. The molecule has 0 aromatic heterocycles. The van der Waals surface area contributed by atoms with Crippen molar-refractivity contribution in [1.82, 2.24) is 4.90 Å². The minimum Gasteiger partial charge on any atom is -0.494 e. The van der Waals surface area contributed by atoms with Gasteiger partial charge in [-0.1, -0.05) is 0 Å². The molecule has 1 aromatic carbocycles. The molecule has 2 heterocycles. The van der Waals surface area contributed by atoms with Gasteiger partial charge in [0.15, 0.2) is 0 Å². The van der Waals surface area contributed by atoms with E-state index in [4.69, 9.17) is 9.47 Å². The summed E-state index contributed by atoms with van der Waals surface area (Å²) in [5.74, 6) is 0.845. The van der Waals surface area contributed by atoms with Crippen LogP contribution < -0.4 is 10.1 Å². The fraction of sp³-hybridized carbons (Fsp3) is 0.579. The molecule has 6 heteroatoms. The van der Waals surface area contributed by atoms with Crippen molar-refractivity contribution in [3.8, 4) is 5.75 Å². The highest BCUT2D eigenvalue weighted by molar-refractivity contribution is 5.92.